The summed E-state index contributed by atoms with van der Waals surface area (Å²) >= 11 is 0. The lowest BCUT2D eigenvalue weighted by Crippen LogP contribution is -1.97. The molecule has 0 aromatic carbocycles. The first kappa shape index (κ1) is 6.54. The van der Waals surface area contributed by atoms with Crippen LogP contribution in [-0.2, 0) is 12.8 Å². The highest BCUT2D eigenvalue weighted by atomic mass is 14.9. The molecule has 1 aromatic rings. The summed E-state index contributed by atoms with van der Waals surface area (Å²) in [6.45, 7) is 0. The summed E-state index contributed by atoms with van der Waals surface area (Å²) in [7, 11) is 0. The van der Waals surface area contributed by atoms with Gasteiger partial charge < -0.3 is 0 Å². The van der Waals surface area contributed by atoms with Gasteiger partial charge in [-0.05, 0) is 36.8 Å². The van der Waals surface area contributed by atoms with Crippen molar-refractivity contribution >= 4 is 0 Å². The number of nitrogens with zero attached hydrogens (tertiary/aromatic N) is 1. The molecule has 0 saturated carbocycles. The fourth-order valence-corrected chi connectivity index (χ4v) is 1.69. The molecule has 1 nitrogen and oxygen atoms in total. The fourth-order valence-electron chi connectivity index (χ4n) is 1.69. The van der Waals surface area contributed by atoms with Crippen LogP contribution in [0, 0.1) is 12.5 Å². The van der Waals surface area contributed by atoms with Gasteiger partial charge in [-0.25, -0.2) is 0 Å². The van der Waals surface area contributed by atoms with Gasteiger partial charge in [0, 0.05) is 18.4 Å². The Hall–Kier alpha value is -1.16. The highest BCUT2D eigenvalue weighted by Gasteiger charge is 2.10. The maximum atomic E-state index is 5.27. The topological polar surface area (TPSA) is 4.93 Å². The summed E-state index contributed by atoms with van der Waals surface area (Å²) in [6, 6.07) is 2.60. The molecule has 0 spiro atoms. The number of rotatable bonds is 0. The van der Waals surface area contributed by atoms with Gasteiger partial charge in [-0.3, -0.25) is 4.57 Å². The molecule has 2 rings (SSSR count). The van der Waals surface area contributed by atoms with Crippen molar-refractivity contribution in [3.63, 3.8) is 0 Å². The van der Waals surface area contributed by atoms with Crippen LogP contribution < -0.4 is 0 Å². The van der Waals surface area contributed by atoms with E-state index in [-0.39, 0.29) is 0 Å². The SMILES string of the molecule is C#Cn1cc2c(c1)CCCC2. The van der Waals surface area contributed by atoms with Gasteiger partial charge in [0.1, 0.15) is 0 Å². The van der Waals surface area contributed by atoms with Crippen molar-refractivity contribution in [2.45, 2.75) is 25.7 Å². The Bertz CT molecular complexity index is 278. The normalized spacial score (nSPS) is 15.5. The van der Waals surface area contributed by atoms with Crippen LogP contribution >= 0.6 is 0 Å². The molecule has 0 atom stereocenters. The number of hydrogen-bond donors (Lipinski definition) is 0. The summed E-state index contributed by atoms with van der Waals surface area (Å²) in [4.78, 5) is 0. The summed E-state index contributed by atoms with van der Waals surface area (Å²) in [5, 5.41) is 0. The Morgan fingerprint density at radius 1 is 1.18 bits per heavy atom. The van der Waals surface area contributed by atoms with Gasteiger partial charge in [-0.15, -0.1) is 0 Å². The van der Waals surface area contributed by atoms with Gasteiger partial charge in [0.15, 0.2) is 0 Å². The Morgan fingerprint density at radius 3 is 2.18 bits per heavy atom. The van der Waals surface area contributed by atoms with Crippen molar-refractivity contribution in [3.8, 4) is 12.5 Å². The largest absolute Gasteiger partial charge is 0.284 e. The number of hydrogen-bond acceptors (Lipinski definition) is 0. The number of aromatic nitrogens is 1. The molecular weight excluding hydrogens is 134 g/mol. The highest BCUT2D eigenvalue weighted by Crippen LogP contribution is 2.21. The average Bonchev–Trinajstić information content (AvgIpc) is 2.46. The molecule has 0 amide bonds. The van der Waals surface area contributed by atoms with Crippen LogP contribution in [0.5, 0.6) is 0 Å². The summed E-state index contributed by atoms with van der Waals surface area (Å²) in [5.41, 5.74) is 2.91. The first-order valence-electron chi connectivity index (χ1n) is 4.06. The molecule has 1 aliphatic carbocycles. The zero-order valence-corrected chi connectivity index (χ0v) is 6.51. The van der Waals surface area contributed by atoms with E-state index in [1.165, 1.54) is 36.8 Å². The maximum absolute atomic E-state index is 5.27. The van der Waals surface area contributed by atoms with E-state index < -0.39 is 0 Å². The monoisotopic (exact) mass is 145 g/mol. The summed E-state index contributed by atoms with van der Waals surface area (Å²) in [6.07, 6.45) is 14.5. The summed E-state index contributed by atoms with van der Waals surface area (Å²) in [5.74, 6) is 0. The van der Waals surface area contributed by atoms with Crippen molar-refractivity contribution in [1.29, 1.82) is 0 Å². The Morgan fingerprint density at radius 2 is 1.73 bits per heavy atom. The van der Waals surface area contributed by atoms with E-state index >= 15 is 0 Å². The molecule has 0 radical (unpaired) electrons. The summed E-state index contributed by atoms with van der Waals surface area (Å²) < 4.78 is 1.83. The zero-order chi connectivity index (χ0) is 7.68. The Kier molecular flexibility index (Phi) is 1.47. The van der Waals surface area contributed by atoms with Crippen molar-refractivity contribution in [3.05, 3.63) is 23.5 Å². The zero-order valence-electron chi connectivity index (χ0n) is 6.51. The lowest BCUT2D eigenvalue weighted by atomic mass is 9.96. The van der Waals surface area contributed by atoms with E-state index in [0.29, 0.717) is 0 Å². The van der Waals surface area contributed by atoms with Gasteiger partial charge in [0.2, 0.25) is 0 Å². The third kappa shape index (κ3) is 1.05. The molecule has 11 heavy (non-hydrogen) atoms. The van der Waals surface area contributed by atoms with Crippen molar-refractivity contribution < 1.29 is 0 Å². The fraction of sp³-hybridized carbons (Fsp3) is 0.400. The van der Waals surface area contributed by atoms with Crippen LogP contribution in [0.2, 0.25) is 0 Å². The van der Waals surface area contributed by atoms with E-state index in [0.717, 1.165) is 0 Å². The van der Waals surface area contributed by atoms with Gasteiger partial charge in [0.25, 0.3) is 0 Å². The average molecular weight is 145 g/mol. The quantitative estimate of drug-likeness (QED) is 0.491. The van der Waals surface area contributed by atoms with Crippen LogP contribution in [0.15, 0.2) is 12.4 Å². The second-order valence-corrected chi connectivity index (χ2v) is 3.05. The Labute approximate surface area is 67.0 Å². The predicted octanol–water partition coefficient (Wildman–Crippen LogP) is 1.81. The molecule has 0 N–H and O–H groups in total. The highest BCUT2D eigenvalue weighted by molar-refractivity contribution is 5.28. The van der Waals surface area contributed by atoms with Crippen molar-refractivity contribution in [1.82, 2.24) is 4.57 Å². The molecule has 1 heteroatoms. The van der Waals surface area contributed by atoms with Gasteiger partial charge >= 0.3 is 0 Å². The third-order valence-electron chi connectivity index (χ3n) is 2.29. The van der Waals surface area contributed by atoms with E-state index in [2.05, 4.69) is 18.4 Å². The minimum absolute atomic E-state index is 1.21. The first-order chi connectivity index (χ1) is 5.40. The third-order valence-corrected chi connectivity index (χ3v) is 2.29. The van der Waals surface area contributed by atoms with Crippen LogP contribution in [0.25, 0.3) is 0 Å². The minimum Gasteiger partial charge on any atom is -0.284 e. The smallest absolute Gasteiger partial charge is 0.0212 e. The van der Waals surface area contributed by atoms with Crippen LogP contribution in [0.4, 0.5) is 0 Å². The number of aryl methyl sites for hydroxylation is 2. The second kappa shape index (κ2) is 2.47. The molecule has 1 aromatic heterocycles. The molecule has 0 aliphatic heterocycles. The second-order valence-electron chi connectivity index (χ2n) is 3.05. The molecule has 1 heterocycles. The predicted molar refractivity (Wildman–Crippen MR) is 45.3 cm³/mol. The van der Waals surface area contributed by atoms with E-state index in [9.17, 15) is 0 Å². The van der Waals surface area contributed by atoms with Crippen LogP contribution in [-0.4, -0.2) is 4.57 Å². The van der Waals surface area contributed by atoms with Crippen molar-refractivity contribution in [2.24, 2.45) is 0 Å². The van der Waals surface area contributed by atoms with Gasteiger partial charge in [0.05, 0.1) is 0 Å². The standard InChI is InChI=1S/C10H11N/c1-2-11-7-9-5-3-4-6-10(9)8-11/h1,7-8H,3-6H2. The van der Waals surface area contributed by atoms with E-state index in [1.807, 2.05) is 4.57 Å². The lowest BCUT2D eigenvalue weighted by molar-refractivity contribution is 0.690. The first-order valence-corrected chi connectivity index (χ1v) is 4.06. The molecular formula is C10H11N. The van der Waals surface area contributed by atoms with Gasteiger partial charge in [-0.1, -0.05) is 6.42 Å². The molecule has 56 valence electrons. The van der Waals surface area contributed by atoms with Crippen molar-refractivity contribution in [2.75, 3.05) is 0 Å². The van der Waals surface area contributed by atoms with Crippen LogP contribution in [0.3, 0.4) is 0 Å². The Balaban J connectivity index is 2.42. The van der Waals surface area contributed by atoms with Crippen LogP contribution in [0.1, 0.15) is 24.0 Å². The molecule has 0 unspecified atom stereocenters. The number of terminal acetylenes is 1. The molecule has 0 bridgehead atoms. The van der Waals surface area contributed by atoms with Gasteiger partial charge in [-0.2, -0.15) is 0 Å². The lowest BCUT2D eigenvalue weighted by Gasteiger charge is -2.08. The minimum atomic E-state index is 1.21. The van der Waals surface area contributed by atoms with E-state index in [4.69, 9.17) is 6.42 Å². The molecule has 1 aliphatic rings. The van der Waals surface area contributed by atoms with E-state index in [1.54, 1.807) is 0 Å². The maximum Gasteiger partial charge on any atom is 0.0212 e. The number of fused-ring (bicyclic) bond motifs is 1. The molecule has 0 saturated heterocycles. The molecule has 0 fully saturated rings.